The van der Waals surface area contributed by atoms with Gasteiger partial charge in [-0.05, 0) is 89.5 Å². The van der Waals surface area contributed by atoms with Gasteiger partial charge in [0.05, 0.1) is 19.3 Å². The molecule has 7 N–H and O–H groups in total. The lowest BCUT2D eigenvalue weighted by Gasteiger charge is -2.21. The Bertz CT molecular complexity index is 2040. The molecule has 19 nitrogen and oxygen atoms in total. The van der Waals surface area contributed by atoms with E-state index in [4.69, 9.17) is 29.0 Å². The minimum absolute atomic E-state index is 0.0493. The number of hydrogen-bond donors (Lipinski definition) is 6. The number of ether oxygens (including phenoxy) is 3. The van der Waals surface area contributed by atoms with E-state index in [1.807, 2.05) is 43.4 Å². The molecule has 0 spiro atoms. The van der Waals surface area contributed by atoms with Gasteiger partial charge in [-0.1, -0.05) is 125 Å². The van der Waals surface area contributed by atoms with E-state index in [9.17, 15) is 48.6 Å². The van der Waals surface area contributed by atoms with Crippen molar-refractivity contribution in [2.75, 3.05) is 25.6 Å². The number of nitrogen functional groups attached to an aromatic ring is 1. The number of phosphoric ester groups is 2. The van der Waals surface area contributed by atoms with Crippen LogP contribution in [0.1, 0.15) is 142 Å². The van der Waals surface area contributed by atoms with E-state index in [0.717, 1.165) is 87.8 Å². The first-order valence-corrected chi connectivity index (χ1v) is 27.7. The second-order valence-electron chi connectivity index (χ2n) is 16.8. The molecular weight excluding hydrogens is 961 g/mol. The Labute approximate surface area is 419 Å². The van der Waals surface area contributed by atoms with Gasteiger partial charge in [-0.2, -0.15) is 9.29 Å². The van der Waals surface area contributed by atoms with E-state index in [2.05, 4.69) is 64.8 Å². The van der Waals surface area contributed by atoms with Gasteiger partial charge < -0.3 is 45.1 Å². The van der Waals surface area contributed by atoms with Gasteiger partial charge in [-0.3, -0.25) is 23.2 Å². The smallest absolute Gasteiger partial charge is 0.462 e. The second-order valence-corrected chi connectivity index (χ2v) is 19.8. The maximum Gasteiger partial charge on any atom is 0.481 e. The molecule has 400 valence electrons. The molecule has 0 aliphatic carbocycles. The molecule has 0 radical (unpaired) electrons. The highest BCUT2D eigenvalue weighted by atomic mass is 31.3. The maximum atomic E-state index is 12.8. The number of aliphatic hydroxyl groups is 3. The molecule has 0 aromatic carbocycles. The summed E-state index contributed by atoms with van der Waals surface area (Å²) in [5, 5.41) is 30.7. The zero-order valence-corrected chi connectivity index (χ0v) is 43.1. The third-order valence-electron chi connectivity index (χ3n) is 10.5. The first-order valence-electron chi connectivity index (χ1n) is 24.7. The molecule has 2 heterocycles. The van der Waals surface area contributed by atoms with Crippen LogP contribution < -0.4 is 11.4 Å². The molecule has 1 aliphatic heterocycles. The Hall–Kier alpha value is -4.10. The number of aliphatic hydroxyl groups excluding tert-OH is 3. The van der Waals surface area contributed by atoms with Crippen molar-refractivity contribution >= 4 is 33.4 Å². The summed E-state index contributed by atoms with van der Waals surface area (Å²) in [5.41, 5.74) is 4.57. The van der Waals surface area contributed by atoms with Crippen LogP contribution in [0.2, 0.25) is 0 Å². The zero-order chi connectivity index (χ0) is 52.2. The number of nitrogens with zero attached hydrogens (tertiary/aromatic N) is 2. The quantitative estimate of drug-likeness (QED) is 0.0155. The van der Waals surface area contributed by atoms with Crippen LogP contribution >= 0.6 is 15.6 Å². The third kappa shape index (κ3) is 30.5. The van der Waals surface area contributed by atoms with E-state index in [-0.39, 0.29) is 24.8 Å². The van der Waals surface area contributed by atoms with Gasteiger partial charge in [0.1, 0.15) is 30.7 Å². The monoisotopic (exact) mass is 1040 g/mol. The average molecular weight is 1040 g/mol. The summed E-state index contributed by atoms with van der Waals surface area (Å²) in [6.45, 7) is 1.75. The molecule has 3 unspecified atom stereocenters. The highest BCUT2D eigenvalue weighted by Gasteiger charge is 2.46. The van der Waals surface area contributed by atoms with Crippen molar-refractivity contribution in [1.29, 1.82) is 0 Å². The third-order valence-corrected chi connectivity index (χ3v) is 13.1. The molecule has 1 fully saturated rings. The number of allylic oxidation sites excluding steroid dienone is 13. The lowest BCUT2D eigenvalue weighted by atomic mass is 10.1. The van der Waals surface area contributed by atoms with Gasteiger partial charge in [-0.15, -0.1) is 0 Å². The van der Waals surface area contributed by atoms with Crippen LogP contribution in [-0.2, 0) is 46.3 Å². The first-order chi connectivity index (χ1) is 34.1. The van der Waals surface area contributed by atoms with Gasteiger partial charge in [0.2, 0.25) is 0 Å². The van der Waals surface area contributed by atoms with Crippen LogP contribution in [-0.4, -0.2) is 96.9 Å². The fraction of sp³-hybridized carbons (Fsp3) is 0.600. The summed E-state index contributed by atoms with van der Waals surface area (Å²) in [6.07, 6.45) is 35.9. The number of hydrogen-bond acceptors (Lipinski definition) is 16. The topological polar surface area (TPSA) is 286 Å². The average Bonchev–Trinajstić information content (AvgIpc) is 3.60. The number of nitrogens with two attached hydrogens (primary N) is 1. The molecule has 0 saturated carbocycles. The molecule has 8 atom stereocenters. The van der Waals surface area contributed by atoms with E-state index in [1.54, 1.807) is 0 Å². The Kier molecular flexibility index (Phi) is 33.4. The van der Waals surface area contributed by atoms with Crippen LogP contribution in [0, 0.1) is 0 Å². The molecule has 2 rings (SSSR count). The van der Waals surface area contributed by atoms with Crippen molar-refractivity contribution < 1.29 is 71.4 Å². The predicted molar refractivity (Wildman–Crippen MR) is 271 cm³/mol. The van der Waals surface area contributed by atoms with Crippen molar-refractivity contribution in [3.05, 3.63) is 108 Å². The van der Waals surface area contributed by atoms with Gasteiger partial charge in [0.25, 0.3) is 0 Å². The molecule has 0 amide bonds. The summed E-state index contributed by atoms with van der Waals surface area (Å²) in [5.74, 6) is -1.42. The number of carbonyl (C=O) groups is 2. The fourth-order valence-corrected chi connectivity index (χ4v) is 8.86. The van der Waals surface area contributed by atoms with Gasteiger partial charge >= 0.3 is 33.3 Å². The number of phosphoric acid groups is 2. The van der Waals surface area contributed by atoms with E-state index in [1.165, 1.54) is 6.07 Å². The number of esters is 2. The second kappa shape index (κ2) is 37.6. The molecule has 71 heavy (non-hydrogen) atoms. The van der Waals surface area contributed by atoms with Crippen molar-refractivity contribution in [2.45, 2.75) is 173 Å². The highest BCUT2D eigenvalue weighted by Crippen LogP contribution is 2.60. The normalized spacial score (nSPS) is 20.3. The van der Waals surface area contributed by atoms with Crippen LogP contribution in [0.5, 0.6) is 0 Å². The summed E-state index contributed by atoms with van der Waals surface area (Å²) >= 11 is 0. The fourth-order valence-electron chi connectivity index (χ4n) is 6.75. The molecular formula is C50H79N3O16P2. The van der Waals surface area contributed by atoms with E-state index < -0.39 is 83.7 Å². The molecule has 0 bridgehead atoms. The standard InChI is InChI=1S/C50H79N3O16P2/c1-3-5-6-7-8-9-10-11-12-15-18-21-24-27-30-34-45(55)64-38-42(67-46(56)35-31-28-25-22-19-16-13-14-17-20-23-26-29-33-41(54)32-4-2)39-65-70(60,61)69-71(62,63)66-40-43-47(57)48(58)49(68-43)53-37-36-44(51)52-50(53)59/h5-6,8-9,11-13,16-17,20,22,25-26,29,36-37,41-43,47-49,54,57-58H,3-4,7,10,14-15,18-19,21,23-24,27-28,30-35,38-40H2,1-2H3,(H,60,61)(H,62,63)(H2,51,52,59)/b6-5-,9-8-,12-11-,16-13-,20-17-,25-22-,29-26-/t41?,42-,43-,47-,48-,49-/m1/s1. The number of anilines is 1. The van der Waals surface area contributed by atoms with Crippen molar-refractivity contribution in [2.24, 2.45) is 0 Å². The van der Waals surface area contributed by atoms with Crippen LogP contribution in [0.25, 0.3) is 0 Å². The lowest BCUT2D eigenvalue weighted by Crippen LogP contribution is -2.36. The molecule has 1 aliphatic rings. The maximum absolute atomic E-state index is 12.8. The van der Waals surface area contributed by atoms with Crippen molar-refractivity contribution in [3.8, 4) is 0 Å². The summed E-state index contributed by atoms with van der Waals surface area (Å²) in [4.78, 5) is 61.8. The van der Waals surface area contributed by atoms with Crippen molar-refractivity contribution in [3.63, 3.8) is 0 Å². The lowest BCUT2D eigenvalue weighted by molar-refractivity contribution is -0.161. The Balaban J connectivity index is 1.85. The Morgan fingerprint density at radius 2 is 1.30 bits per heavy atom. The van der Waals surface area contributed by atoms with Crippen LogP contribution in [0.4, 0.5) is 5.82 Å². The molecule has 1 aromatic rings. The van der Waals surface area contributed by atoms with Gasteiger partial charge in [0.15, 0.2) is 12.3 Å². The molecule has 21 heteroatoms. The highest BCUT2D eigenvalue weighted by molar-refractivity contribution is 7.61. The number of carbonyl (C=O) groups excluding carboxylic acids is 2. The van der Waals surface area contributed by atoms with Crippen molar-refractivity contribution in [1.82, 2.24) is 9.55 Å². The largest absolute Gasteiger partial charge is 0.481 e. The summed E-state index contributed by atoms with van der Waals surface area (Å²) < 4.78 is 56.6. The van der Waals surface area contributed by atoms with E-state index in [0.29, 0.717) is 32.1 Å². The SMILES string of the molecule is CC/C=C\C/C=C\C/C=C\CCCCCCCC(=O)OC[C@H](COP(=O)(O)OP(=O)(O)OC[C@H]1O[C@@H](n2ccc(N)nc2=O)[C@H](O)[C@@H]1O)OC(=O)CCC/C=C\C/C=C\C/C=C\C/C=C\CC(O)CCC. The Morgan fingerprint density at radius 3 is 1.92 bits per heavy atom. The Morgan fingerprint density at radius 1 is 0.746 bits per heavy atom. The minimum atomic E-state index is -5.45. The summed E-state index contributed by atoms with van der Waals surface area (Å²) in [6, 6.07) is 1.24. The predicted octanol–water partition coefficient (Wildman–Crippen LogP) is 8.86. The van der Waals surface area contributed by atoms with Crippen LogP contribution in [0.15, 0.2) is 102 Å². The zero-order valence-electron chi connectivity index (χ0n) is 41.4. The number of rotatable bonds is 39. The van der Waals surface area contributed by atoms with E-state index >= 15 is 0 Å². The van der Waals surface area contributed by atoms with Crippen LogP contribution in [0.3, 0.4) is 0 Å². The van der Waals surface area contributed by atoms with Gasteiger partial charge in [0, 0.05) is 19.0 Å². The minimum Gasteiger partial charge on any atom is -0.462 e. The van der Waals surface area contributed by atoms with Gasteiger partial charge in [-0.25, -0.2) is 13.9 Å². The number of aromatic nitrogens is 2. The number of unbranched alkanes of at least 4 members (excludes halogenated alkanes) is 6. The summed E-state index contributed by atoms with van der Waals surface area (Å²) in [7, 11) is -10.9. The first kappa shape index (κ1) is 63.0. The molecule has 1 aromatic heterocycles. The molecule has 1 saturated heterocycles.